The van der Waals surface area contributed by atoms with Crippen LogP contribution in [-0.4, -0.2) is 0 Å². The molecule has 1 aliphatic rings. The summed E-state index contributed by atoms with van der Waals surface area (Å²) in [4.78, 5) is 0. The van der Waals surface area contributed by atoms with E-state index in [1.807, 2.05) is 0 Å². The molecule has 0 amide bonds. The van der Waals surface area contributed by atoms with Crippen LogP contribution in [0.4, 0.5) is 11.4 Å². The molecular formula is C57H59N. The lowest BCUT2D eigenvalue weighted by atomic mass is 9.77. The van der Waals surface area contributed by atoms with Crippen LogP contribution in [0.15, 0.2) is 152 Å². The van der Waals surface area contributed by atoms with Crippen molar-refractivity contribution in [3.05, 3.63) is 179 Å². The zero-order valence-electron chi connectivity index (χ0n) is 36.4. The monoisotopic (exact) mass is 757 g/mol. The number of rotatable bonds is 6. The van der Waals surface area contributed by atoms with Crippen molar-refractivity contribution in [3.63, 3.8) is 0 Å². The molecule has 292 valence electrons. The minimum absolute atomic E-state index is 0.00576. The lowest BCUT2D eigenvalue weighted by Gasteiger charge is -2.28. The first kappa shape index (κ1) is 39.2. The van der Waals surface area contributed by atoms with Gasteiger partial charge in [-0.3, -0.25) is 0 Å². The highest BCUT2D eigenvalue weighted by atomic mass is 14.9. The topological polar surface area (TPSA) is 12.0 Å². The predicted molar refractivity (Wildman–Crippen MR) is 252 cm³/mol. The van der Waals surface area contributed by atoms with Gasteiger partial charge in [0, 0.05) is 22.4 Å². The van der Waals surface area contributed by atoms with Gasteiger partial charge in [0.1, 0.15) is 0 Å². The SMILES string of the molecule is CC(C)(C)c1cc(-c2ccc(Nc3ccc4c(c3-c3ccccc3-c3ccccc3)C(C)(C)c3ccccc3-4)cc2)cc(-c2cc(C(C)(C)C)cc(C(C)(C)C)c2)c1. The Morgan fingerprint density at radius 2 is 0.862 bits per heavy atom. The van der Waals surface area contributed by atoms with Crippen molar-refractivity contribution in [1.29, 1.82) is 0 Å². The summed E-state index contributed by atoms with van der Waals surface area (Å²) in [6.45, 7) is 25.6. The van der Waals surface area contributed by atoms with Crippen LogP contribution < -0.4 is 5.32 Å². The molecule has 1 nitrogen and oxygen atoms in total. The van der Waals surface area contributed by atoms with E-state index in [4.69, 9.17) is 0 Å². The molecule has 1 heteroatoms. The van der Waals surface area contributed by atoms with E-state index in [0.29, 0.717) is 0 Å². The van der Waals surface area contributed by atoms with Crippen molar-refractivity contribution in [2.75, 3.05) is 5.32 Å². The van der Waals surface area contributed by atoms with Crippen molar-refractivity contribution in [2.45, 2.75) is 97.8 Å². The number of anilines is 2. The van der Waals surface area contributed by atoms with Crippen molar-refractivity contribution < 1.29 is 0 Å². The average Bonchev–Trinajstić information content (AvgIpc) is 3.43. The molecule has 0 saturated heterocycles. The summed E-state index contributed by atoms with van der Waals surface area (Å²) in [5.74, 6) is 0. The molecule has 1 N–H and O–H groups in total. The lowest BCUT2D eigenvalue weighted by molar-refractivity contribution is 0.569. The van der Waals surface area contributed by atoms with Crippen LogP contribution in [-0.2, 0) is 21.7 Å². The van der Waals surface area contributed by atoms with Gasteiger partial charge >= 0.3 is 0 Å². The number of benzene rings is 7. The smallest absolute Gasteiger partial charge is 0.0467 e. The minimum atomic E-state index is -0.178. The highest BCUT2D eigenvalue weighted by Gasteiger charge is 2.39. The van der Waals surface area contributed by atoms with E-state index in [2.05, 4.69) is 233 Å². The molecular weight excluding hydrogens is 699 g/mol. The number of nitrogens with one attached hydrogen (secondary N) is 1. The van der Waals surface area contributed by atoms with E-state index < -0.39 is 0 Å². The first-order valence-corrected chi connectivity index (χ1v) is 21.0. The zero-order chi connectivity index (χ0) is 41.2. The molecule has 0 atom stereocenters. The van der Waals surface area contributed by atoms with Gasteiger partial charge in [0.2, 0.25) is 0 Å². The fraction of sp³-hybridized carbons (Fsp3) is 0.263. The Labute approximate surface area is 348 Å². The maximum atomic E-state index is 3.94. The van der Waals surface area contributed by atoms with E-state index in [9.17, 15) is 0 Å². The van der Waals surface area contributed by atoms with Gasteiger partial charge in [-0.25, -0.2) is 0 Å². The number of fused-ring (bicyclic) bond motifs is 3. The molecule has 7 aromatic rings. The first-order chi connectivity index (χ1) is 27.4. The Hall–Kier alpha value is -5.66. The minimum Gasteiger partial charge on any atom is -0.355 e. The van der Waals surface area contributed by atoms with Crippen LogP contribution in [0.2, 0.25) is 0 Å². The second-order valence-electron chi connectivity index (χ2n) is 20.0. The van der Waals surface area contributed by atoms with Crippen molar-refractivity contribution in [3.8, 4) is 55.6 Å². The molecule has 0 unspecified atom stereocenters. The fourth-order valence-corrected chi connectivity index (χ4v) is 8.78. The van der Waals surface area contributed by atoms with Gasteiger partial charge in [0.25, 0.3) is 0 Å². The van der Waals surface area contributed by atoms with E-state index >= 15 is 0 Å². The van der Waals surface area contributed by atoms with Crippen molar-refractivity contribution in [2.24, 2.45) is 0 Å². The Kier molecular flexibility index (Phi) is 9.67. The van der Waals surface area contributed by atoms with E-state index in [-0.39, 0.29) is 21.7 Å². The summed E-state index contributed by atoms with van der Waals surface area (Å²) in [6, 6.07) is 56.8. The van der Waals surface area contributed by atoms with Crippen LogP contribution in [0, 0.1) is 0 Å². The van der Waals surface area contributed by atoms with Crippen LogP contribution >= 0.6 is 0 Å². The van der Waals surface area contributed by atoms with Gasteiger partial charge in [-0.2, -0.15) is 0 Å². The largest absolute Gasteiger partial charge is 0.355 e. The summed E-state index contributed by atoms with van der Waals surface area (Å²) in [7, 11) is 0. The molecule has 0 spiro atoms. The second-order valence-corrected chi connectivity index (χ2v) is 20.0. The predicted octanol–water partition coefficient (Wildman–Crippen LogP) is 16.3. The Bertz CT molecular complexity index is 2600. The highest BCUT2D eigenvalue weighted by molar-refractivity contribution is 5.99. The third kappa shape index (κ3) is 7.33. The van der Waals surface area contributed by atoms with Gasteiger partial charge in [0.05, 0.1) is 0 Å². The number of hydrogen-bond acceptors (Lipinski definition) is 1. The molecule has 0 saturated carbocycles. The third-order valence-electron chi connectivity index (χ3n) is 12.3. The maximum Gasteiger partial charge on any atom is 0.0467 e. The maximum absolute atomic E-state index is 3.94. The molecule has 0 radical (unpaired) electrons. The molecule has 0 heterocycles. The standard InChI is InChI=1S/C57H59N/c1-54(2,3)42-32-39(31-40(33-42)41-34-43(55(4,5)6)36-44(35-41)56(7,8)9)37-25-27-45(28-26-37)58-51-30-29-49-47-22-17-18-24-50(47)57(10,11)53(49)52(51)48-23-16-15-21-46(48)38-19-13-12-14-20-38/h12-36,58H,1-11H3. The molecule has 0 aromatic heterocycles. The van der Waals surface area contributed by atoms with Crippen LogP contribution in [0.1, 0.15) is 104 Å². The Morgan fingerprint density at radius 3 is 1.45 bits per heavy atom. The molecule has 1 aliphatic carbocycles. The van der Waals surface area contributed by atoms with E-state index in [1.54, 1.807) is 0 Å². The summed E-state index contributed by atoms with van der Waals surface area (Å²) >= 11 is 0. The first-order valence-electron chi connectivity index (χ1n) is 21.0. The number of hydrogen-bond donors (Lipinski definition) is 1. The molecule has 0 aliphatic heterocycles. The van der Waals surface area contributed by atoms with Gasteiger partial charge in [-0.05, 0) is 118 Å². The van der Waals surface area contributed by atoms with Gasteiger partial charge < -0.3 is 5.32 Å². The van der Waals surface area contributed by atoms with Crippen LogP contribution in [0.25, 0.3) is 55.6 Å². The summed E-state index contributed by atoms with van der Waals surface area (Å²) < 4.78 is 0. The Morgan fingerprint density at radius 1 is 0.379 bits per heavy atom. The van der Waals surface area contributed by atoms with Crippen LogP contribution in [0.5, 0.6) is 0 Å². The third-order valence-corrected chi connectivity index (χ3v) is 12.3. The summed E-state index contributed by atoms with van der Waals surface area (Å²) in [5, 5.41) is 3.94. The van der Waals surface area contributed by atoms with Gasteiger partial charge in [-0.1, -0.05) is 204 Å². The highest BCUT2D eigenvalue weighted by Crippen LogP contribution is 2.55. The quantitative estimate of drug-likeness (QED) is 0.178. The lowest BCUT2D eigenvalue weighted by Crippen LogP contribution is -2.17. The zero-order valence-corrected chi connectivity index (χ0v) is 36.4. The molecule has 7 aromatic carbocycles. The van der Waals surface area contributed by atoms with E-state index in [1.165, 1.54) is 83.5 Å². The molecule has 8 rings (SSSR count). The Balaban J connectivity index is 1.23. The summed E-state index contributed by atoms with van der Waals surface area (Å²) in [5.41, 5.74) is 21.5. The van der Waals surface area contributed by atoms with Crippen molar-refractivity contribution >= 4 is 11.4 Å². The van der Waals surface area contributed by atoms with Gasteiger partial charge in [0.15, 0.2) is 0 Å². The molecule has 58 heavy (non-hydrogen) atoms. The second kappa shape index (κ2) is 14.3. The molecule has 0 bridgehead atoms. The van der Waals surface area contributed by atoms with E-state index in [0.717, 1.165) is 11.4 Å². The normalized spacial score (nSPS) is 13.6. The average molecular weight is 758 g/mol. The van der Waals surface area contributed by atoms with Gasteiger partial charge in [-0.15, -0.1) is 0 Å². The fourth-order valence-electron chi connectivity index (χ4n) is 8.78. The van der Waals surface area contributed by atoms with Crippen LogP contribution in [0.3, 0.4) is 0 Å². The van der Waals surface area contributed by atoms with Crippen molar-refractivity contribution in [1.82, 2.24) is 0 Å². The summed E-state index contributed by atoms with van der Waals surface area (Å²) in [6.07, 6.45) is 0. The molecule has 0 fully saturated rings.